The molecule has 1 unspecified atom stereocenters. The smallest absolute Gasteiger partial charge is 0.166 e. The predicted octanol–water partition coefficient (Wildman–Crippen LogP) is 3.73. The Bertz CT molecular complexity index is 536. The van der Waals surface area contributed by atoms with E-state index in [1.54, 1.807) is 6.20 Å². The molecule has 2 rings (SSSR count). The second-order valence-corrected chi connectivity index (χ2v) is 4.96. The van der Waals surface area contributed by atoms with Crippen molar-refractivity contribution in [1.82, 2.24) is 4.98 Å². The van der Waals surface area contributed by atoms with Gasteiger partial charge in [-0.15, -0.1) is 11.6 Å². The first-order chi connectivity index (χ1) is 9.20. The number of hydrogen-bond acceptors (Lipinski definition) is 2. The monoisotopic (exact) mass is 273 g/mol. The van der Waals surface area contributed by atoms with Gasteiger partial charge >= 0.3 is 0 Å². The van der Waals surface area contributed by atoms with Gasteiger partial charge < -0.3 is 0 Å². The van der Waals surface area contributed by atoms with Crippen molar-refractivity contribution in [2.75, 3.05) is 5.88 Å². The molecule has 1 heterocycles. The quantitative estimate of drug-likeness (QED) is 0.614. The van der Waals surface area contributed by atoms with Gasteiger partial charge in [0.2, 0.25) is 0 Å². The largest absolute Gasteiger partial charge is 0.294 e. The van der Waals surface area contributed by atoms with Crippen LogP contribution >= 0.6 is 11.6 Å². The van der Waals surface area contributed by atoms with Crippen LogP contribution in [0.25, 0.3) is 0 Å². The van der Waals surface area contributed by atoms with Crippen LogP contribution in [0.1, 0.15) is 28.4 Å². The molecule has 2 nitrogen and oxygen atoms in total. The third-order valence-corrected chi connectivity index (χ3v) is 3.51. The summed E-state index contributed by atoms with van der Waals surface area (Å²) < 4.78 is 0. The van der Waals surface area contributed by atoms with Crippen LogP contribution in [0.2, 0.25) is 0 Å². The van der Waals surface area contributed by atoms with E-state index in [0.717, 1.165) is 17.5 Å². The van der Waals surface area contributed by atoms with E-state index >= 15 is 0 Å². The molecule has 1 atom stereocenters. The van der Waals surface area contributed by atoms with Crippen molar-refractivity contribution < 1.29 is 4.79 Å². The second kappa shape index (κ2) is 6.48. The molecule has 0 N–H and O–H groups in total. The minimum Gasteiger partial charge on any atom is -0.294 e. The van der Waals surface area contributed by atoms with Gasteiger partial charge in [0, 0.05) is 29.8 Å². The fraction of sp³-hybridized carbons (Fsp3) is 0.250. The van der Waals surface area contributed by atoms with Gasteiger partial charge in [-0.2, -0.15) is 0 Å². The highest BCUT2D eigenvalue weighted by Gasteiger charge is 2.13. The summed E-state index contributed by atoms with van der Waals surface area (Å²) in [6.07, 6.45) is 4.45. The molecule has 1 aromatic heterocycles. The van der Waals surface area contributed by atoms with Crippen LogP contribution < -0.4 is 0 Å². The summed E-state index contributed by atoms with van der Waals surface area (Å²) in [5.74, 6) is 0.324. The molecule has 0 amide bonds. The molecule has 0 bridgehead atoms. The first kappa shape index (κ1) is 13.8. The first-order valence-corrected chi connectivity index (χ1v) is 6.82. The maximum Gasteiger partial charge on any atom is 0.166 e. The average molecular weight is 274 g/mol. The Hall–Kier alpha value is -1.67. The number of benzene rings is 1. The molecule has 0 fully saturated rings. The van der Waals surface area contributed by atoms with Gasteiger partial charge in [0.25, 0.3) is 0 Å². The number of rotatable bonds is 5. The number of halogens is 1. The van der Waals surface area contributed by atoms with Crippen LogP contribution in [0.4, 0.5) is 0 Å². The van der Waals surface area contributed by atoms with Gasteiger partial charge in [-0.25, -0.2) is 0 Å². The molecule has 0 aliphatic carbocycles. The molecule has 0 saturated carbocycles. The molecule has 0 aliphatic rings. The van der Waals surface area contributed by atoms with Crippen molar-refractivity contribution in [3.8, 4) is 0 Å². The van der Waals surface area contributed by atoms with Gasteiger partial charge in [-0.05, 0) is 23.6 Å². The van der Waals surface area contributed by atoms with E-state index in [4.69, 9.17) is 11.6 Å². The van der Waals surface area contributed by atoms with Crippen LogP contribution in [0, 0.1) is 5.92 Å². The Morgan fingerprint density at radius 1 is 1.21 bits per heavy atom. The van der Waals surface area contributed by atoms with Crippen LogP contribution in [-0.2, 0) is 6.42 Å². The average Bonchev–Trinajstić information content (AvgIpc) is 2.47. The van der Waals surface area contributed by atoms with E-state index in [9.17, 15) is 4.79 Å². The molecule has 1 aromatic carbocycles. The maximum atomic E-state index is 12.0. The third kappa shape index (κ3) is 3.65. The Balaban J connectivity index is 2.09. The van der Waals surface area contributed by atoms with Crippen molar-refractivity contribution in [3.63, 3.8) is 0 Å². The molecule has 0 spiro atoms. The molecular weight excluding hydrogens is 258 g/mol. The Morgan fingerprint density at radius 3 is 2.53 bits per heavy atom. The van der Waals surface area contributed by atoms with Gasteiger partial charge in [0.15, 0.2) is 5.78 Å². The van der Waals surface area contributed by atoms with Crippen LogP contribution in [-0.4, -0.2) is 16.6 Å². The lowest BCUT2D eigenvalue weighted by Gasteiger charge is -2.07. The molecular formula is C16H16ClNO. The number of alkyl halides is 1. The lowest BCUT2D eigenvalue weighted by molar-refractivity contribution is 0.0941. The van der Waals surface area contributed by atoms with E-state index in [1.165, 1.54) is 5.56 Å². The zero-order valence-electron chi connectivity index (χ0n) is 10.8. The van der Waals surface area contributed by atoms with E-state index in [1.807, 2.05) is 49.5 Å². The molecule has 98 valence electrons. The third-order valence-electron chi connectivity index (χ3n) is 3.05. The summed E-state index contributed by atoms with van der Waals surface area (Å²) in [7, 11) is 0. The minimum absolute atomic E-state index is 0.0999. The fourth-order valence-corrected chi connectivity index (χ4v) is 2.02. The summed E-state index contributed by atoms with van der Waals surface area (Å²) in [6, 6.07) is 11.7. The summed E-state index contributed by atoms with van der Waals surface area (Å²) in [5, 5.41) is 0. The molecule has 2 aromatic rings. The Labute approximate surface area is 118 Å². The summed E-state index contributed by atoms with van der Waals surface area (Å²) in [6.45, 7) is 1.85. The van der Waals surface area contributed by atoms with Crippen molar-refractivity contribution in [2.45, 2.75) is 13.3 Å². The van der Waals surface area contributed by atoms with Crippen molar-refractivity contribution in [2.24, 2.45) is 5.92 Å². The molecule has 0 aliphatic heterocycles. The maximum absolute atomic E-state index is 12.0. The molecule has 0 saturated heterocycles. The minimum atomic E-state index is -0.133. The van der Waals surface area contributed by atoms with Gasteiger partial charge in [0.1, 0.15) is 0 Å². The second-order valence-electron chi connectivity index (χ2n) is 4.65. The lowest BCUT2D eigenvalue weighted by Crippen LogP contribution is -2.12. The van der Waals surface area contributed by atoms with Crippen molar-refractivity contribution in [3.05, 3.63) is 65.5 Å². The van der Waals surface area contributed by atoms with Gasteiger partial charge in [-0.3, -0.25) is 9.78 Å². The van der Waals surface area contributed by atoms with Crippen LogP contribution in [0.5, 0.6) is 0 Å². The molecule has 3 heteroatoms. The van der Waals surface area contributed by atoms with Gasteiger partial charge in [0.05, 0.1) is 0 Å². The van der Waals surface area contributed by atoms with Crippen LogP contribution in [0.15, 0.2) is 48.8 Å². The topological polar surface area (TPSA) is 30.0 Å². The SMILES string of the molecule is CC(CCl)C(=O)c1ccc(Cc2cccnc2)cc1. The highest BCUT2D eigenvalue weighted by molar-refractivity contribution is 6.20. The van der Waals surface area contributed by atoms with Gasteiger partial charge in [-0.1, -0.05) is 37.3 Å². The van der Waals surface area contributed by atoms with E-state index in [2.05, 4.69) is 4.98 Å². The summed E-state index contributed by atoms with van der Waals surface area (Å²) >= 11 is 5.71. The number of carbonyl (C=O) groups excluding carboxylic acids is 1. The zero-order valence-corrected chi connectivity index (χ0v) is 11.6. The number of nitrogens with zero attached hydrogens (tertiary/aromatic N) is 1. The number of carbonyl (C=O) groups is 1. The molecule has 19 heavy (non-hydrogen) atoms. The van der Waals surface area contributed by atoms with E-state index < -0.39 is 0 Å². The van der Waals surface area contributed by atoms with E-state index in [-0.39, 0.29) is 11.7 Å². The highest BCUT2D eigenvalue weighted by atomic mass is 35.5. The first-order valence-electron chi connectivity index (χ1n) is 6.28. The summed E-state index contributed by atoms with van der Waals surface area (Å²) in [4.78, 5) is 16.0. The lowest BCUT2D eigenvalue weighted by atomic mass is 9.98. The Morgan fingerprint density at radius 2 is 1.95 bits per heavy atom. The number of ketones is 1. The number of aromatic nitrogens is 1. The standard InChI is InChI=1S/C16H16ClNO/c1-12(10-17)16(19)15-6-4-13(5-7-15)9-14-3-2-8-18-11-14/h2-8,11-12H,9-10H2,1H3. The number of pyridine rings is 1. The Kier molecular flexibility index (Phi) is 4.69. The fourth-order valence-electron chi connectivity index (χ4n) is 1.88. The normalized spacial score (nSPS) is 12.1. The van der Waals surface area contributed by atoms with Crippen molar-refractivity contribution >= 4 is 17.4 Å². The number of hydrogen-bond donors (Lipinski definition) is 0. The van der Waals surface area contributed by atoms with Crippen molar-refractivity contribution in [1.29, 1.82) is 0 Å². The summed E-state index contributed by atoms with van der Waals surface area (Å²) in [5.41, 5.74) is 3.06. The molecule has 0 radical (unpaired) electrons. The highest BCUT2D eigenvalue weighted by Crippen LogP contribution is 2.14. The zero-order chi connectivity index (χ0) is 13.7. The number of Topliss-reactive ketones (excluding diaryl/α,β-unsaturated/α-hetero) is 1. The predicted molar refractivity (Wildman–Crippen MR) is 77.7 cm³/mol. The van der Waals surface area contributed by atoms with E-state index in [0.29, 0.717) is 5.88 Å². The van der Waals surface area contributed by atoms with Crippen LogP contribution in [0.3, 0.4) is 0 Å².